The molecule has 3 aromatic rings. The summed E-state index contributed by atoms with van der Waals surface area (Å²) in [5, 5.41) is 8.37. The number of methoxy groups -OCH3 is 2. The number of aryl methyl sites for hydroxylation is 1. The third-order valence-electron chi connectivity index (χ3n) is 3.98. The zero-order valence-corrected chi connectivity index (χ0v) is 14.4. The van der Waals surface area contributed by atoms with Crippen molar-refractivity contribution in [2.24, 2.45) is 0 Å². The van der Waals surface area contributed by atoms with Crippen molar-refractivity contribution >= 4 is 6.29 Å². The highest BCUT2D eigenvalue weighted by Crippen LogP contribution is 2.26. The predicted octanol–water partition coefficient (Wildman–Crippen LogP) is 3.13. The molecule has 1 heterocycles. The molecule has 0 amide bonds. The monoisotopic (exact) mass is 337 g/mol. The van der Waals surface area contributed by atoms with Gasteiger partial charge in [0.2, 0.25) is 0 Å². The number of rotatable bonds is 6. The minimum absolute atomic E-state index is 0.502. The Balaban J connectivity index is 1.89. The van der Waals surface area contributed by atoms with Crippen LogP contribution in [0.4, 0.5) is 0 Å². The average Bonchev–Trinajstić information content (AvgIpc) is 3.10. The number of hydrogen-bond donors (Lipinski definition) is 0. The topological polar surface area (TPSA) is 66.2 Å². The van der Waals surface area contributed by atoms with E-state index in [9.17, 15) is 4.79 Å². The first-order chi connectivity index (χ1) is 12.1. The SMILES string of the molecule is COc1ccc(Cn2cc(-c3ccc(C)cc3C=O)nn2)c(OC)c1. The zero-order valence-electron chi connectivity index (χ0n) is 14.4. The first-order valence-corrected chi connectivity index (χ1v) is 7.82. The maximum Gasteiger partial charge on any atom is 0.150 e. The van der Waals surface area contributed by atoms with Crippen LogP contribution in [0.1, 0.15) is 21.5 Å². The second-order valence-corrected chi connectivity index (χ2v) is 5.69. The Hall–Kier alpha value is -3.15. The summed E-state index contributed by atoms with van der Waals surface area (Å²) in [5.41, 5.74) is 4.03. The van der Waals surface area contributed by atoms with Crippen molar-refractivity contribution in [2.45, 2.75) is 13.5 Å². The summed E-state index contributed by atoms with van der Waals surface area (Å²) in [7, 11) is 3.23. The maximum absolute atomic E-state index is 11.3. The van der Waals surface area contributed by atoms with Crippen molar-refractivity contribution in [3.05, 3.63) is 59.3 Å². The van der Waals surface area contributed by atoms with E-state index >= 15 is 0 Å². The van der Waals surface area contributed by atoms with Crippen LogP contribution in [-0.4, -0.2) is 35.5 Å². The molecular weight excluding hydrogens is 318 g/mol. The van der Waals surface area contributed by atoms with Crippen molar-refractivity contribution in [2.75, 3.05) is 14.2 Å². The summed E-state index contributed by atoms with van der Waals surface area (Å²) in [6.07, 6.45) is 2.66. The minimum atomic E-state index is 0.502. The highest BCUT2D eigenvalue weighted by atomic mass is 16.5. The summed E-state index contributed by atoms with van der Waals surface area (Å²) < 4.78 is 12.3. The van der Waals surface area contributed by atoms with Gasteiger partial charge in [0, 0.05) is 22.8 Å². The molecular formula is C19H19N3O3. The second-order valence-electron chi connectivity index (χ2n) is 5.69. The van der Waals surface area contributed by atoms with Crippen molar-refractivity contribution in [3.8, 4) is 22.8 Å². The first-order valence-electron chi connectivity index (χ1n) is 7.82. The van der Waals surface area contributed by atoms with Gasteiger partial charge in [-0.1, -0.05) is 22.9 Å². The number of aldehydes is 1. The van der Waals surface area contributed by atoms with Crippen molar-refractivity contribution < 1.29 is 14.3 Å². The molecule has 0 unspecified atom stereocenters. The molecule has 0 radical (unpaired) electrons. The summed E-state index contributed by atoms with van der Waals surface area (Å²) in [6, 6.07) is 11.3. The normalized spacial score (nSPS) is 10.5. The lowest BCUT2D eigenvalue weighted by atomic mass is 10.0. The molecule has 0 saturated carbocycles. The number of carbonyl (C=O) groups is 1. The molecule has 0 aliphatic carbocycles. The molecule has 25 heavy (non-hydrogen) atoms. The molecule has 0 aliphatic heterocycles. The summed E-state index contributed by atoms with van der Waals surface area (Å²) in [5.74, 6) is 1.45. The van der Waals surface area contributed by atoms with Crippen LogP contribution in [0.2, 0.25) is 0 Å². The van der Waals surface area contributed by atoms with Gasteiger partial charge >= 0.3 is 0 Å². The zero-order chi connectivity index (χ0) is 17.8. The average molecular weight is 337 g/mol. The molecule has 6 heteroatoms. The molecule has 0 N–H and O–H groups in total. The minimum Gasteiger partial charge on any atom is -0.497 e. The molecule has 0 saturated heterocycles. The standard InChI is InChI=1S/C19H19N3O3/c1-13-4-7-17(15(8-13)12-23)18-11-22(21-20-18)10-14-5-6-16(24-2)9-19(14)25-3/h4-9,11-12H,10H2,1-3H3. The van der Waals surface area contributed by atoms with Crippen LogP contribution in [-0.2, 0) is 6.54 Å². The first kappa shape index (κ1) is 16.7. The van der Waals surface area contributed by atoms with Crippen LogP contribution in [0.15, 0.2) is 42.6 Å². The number of carbonyl (C=O) groups excluding carboxylic acids is 1. The Morgan fingerprint density at radius 2 is 1.96 bits per heavy atom. The van der Waals surface area contributed by atoms with E-state index in [1.54, 1.807) is 18.9 Å². The van der Waals surface area contributed by atoms with Gasteiger partial charge in [0.15, 0.2) is 6.29 Å². The molecule has 6 nitrogen and oxygen atoms in total. The fourth-order valence-corrected chi connectivity index (χ4v) is 2.67. The van der Waals surface area contributed by atoms with Gasteiger partial charge in [0.25, 0.3) is 0 Å². The van der Waals surface area contributed by atoms with E-state index in [1.807, 2.05) is 49.5 Å². The lowest BCUT2D eigenvalue weighted by Gasteiger charge is -2.10. The molecule has 0 aliphatic rings. The summed E-state index contributed by atoms with van der Waals surface area (Å²) in [4.78, 5) is 11.3. The molecule has 128 valence electrons. The number of ether oxygens (including phenoxy) is 2. The van der Waals surface area contributed by atoms with Crippen LogP contribution in [0.25, 0.3) is 11.3 Å². The Morgan fingerprint density at radius 1 is 1.12 bits per heavy atom. The number of aromatic nitrogens is 3. The summed E-state index contributed by atoms with van der Waals surface area (Å²) >= 11 is 0. The van der Waals surface area contributed by atoms with Gasteiger partial charge in [-0.2, -0.15) is 0 Å². The Labute approximate surface area is 146 Å². The fraction of sp³-hybridized carbons (Fsp3) is 0.211. The van der Waals surface area contributed by atoms with E-state index in [1.165, 1.54) is 0 Å². The quantitative estimate of drug-likeness (QED) is 0.647. The van der Waals surface area contributed by atoms with E-state index in [0.717, 1.165) is 34.5 Å². The van der Waals surface area contributed by atoms with Crippen molar-refractivity contribution in [1.82, 2.24) is 15.0 Å². The van der Waals surface area contributed by atoms with E-state index in [4.69, 9.17) is 9.47 Å². The van der Waals surface area contributed by atoms with Crippen LogP contribution in [0, 0.1) is 6.92 Å². The highest BCUT2D eigenvalue weighted by Gasteiger charge is 2.11. The third-order valence-corrected chi connectivity index (χ3v) is 3.98. The third kappa shape index (κ3) is 3.52. The number of benzene rings is 2. The molecule has 0 atom stereocenters. The summed E-state index contributed by atoms with van der Waals surface area (Å²) in [6.45, 7) is 2.45. The second kappa shape index (κ2) is 7.17. The number of nitrogens with zero attached hydrogens (tertiary/aromatic N) is 3. The fourth-order valence-electron chi connectivity index (χ4n) is 2.67. The Morgan fingerprint density at radius 3 is 2.68 bits per heavy atom. The van der Waals surface area contributed by atoms with Gasteiger partial charge in [0.05, 0.1) is 27.0 Å². The van der Waals surface area contributed by atoms with E-state index < -0.39 is 0 Å². The molecule has 2 aromatic carbocycles. The molecule has 1 aromatic heterocycles. The van der Waals surface area contributed by atoms with Crippen LogP contribution in [0.5, 0.6) is 11.5 Å². The van der Waals surface area contributed by atoms with Crippen LogP contribution in [0.3, 0.4) is 0 Å². The van der Waals surface area contributed by atoms with E-state index in [0.29, 0.717) is 17.8 Å². The van der Waals surface area contributed by atoms with Gasteiger partial charge in [-0.05, 0) is 25.1 Å². The Bertz CT molecular complexity index is 903. The molecule has 0 fully saturated rings. The van der Waals surface area contributed by atoms with Gasteiger partial charge in [0.1, 0.15) is 17.2 Å². The van der Waals surface area contributed by atoms with Gasteiger partial charge < -0.3 is 9.47 Å². The lowest BCUT2D eigenvalue weighted by molar-refractivity contribution is 0.112. The predicted molar refractivity (Wildman–Crippen MR) is 94.2 cm³/mol. The van der Waals surface area contributed by atoms with E-state index in [-0.39, 0.29) is 0 Å². The number of hydrogen-bond acceptors (Lipinski definition) is 5. The van der Waals surface area contributed by atoms with Crippen molar-refractivity contribution in [1.29, 1.82) is 0 Å². The molecule has 0 bridgehead atoms. The van der Waals surface area contributed by atoms with E-state index in [2.05, 4.69) is 10.3 Å². The van der Waals surface area contributed by atoms with Gasteiger partial charge in [-0.3, -0.25) is 4.79 Å². The van der Waals surface area contributed by atoms with Crippen LogP contribution < -0.4 is 9.47 Å². The molecule has 3 rings (SSSR count). The van der Waals surface area contributed by atoms with Gasteiger partial charge in [-0.15, -0.1) is 5.10 Å². The smallest absolute Gasteiger partial charge is 0.150 e. The maximum atomic E-state index is 11.3. The van der Waals surface area contributed by atoms with Gasteiger partial charge in [-0.25, -0.2) is 4.68 Å². The largest absolute Gasteiger partial charge is 0.497 e. The van der Waals surface area contributed by atoms with Crippen LogP contribution >= 0.6 is 0 Å². The van der Waals surface area contributed by atoms with Crippen molar-refractivity contribution in [3.63, 3.8) is 0 Å². The highest BCUT2D eigenvalue weighted by molar-refractivity contribution is 5.86. The molecule has 0 spiro atoms. The lowest BCUT2D eigenvalue weighted by Crippen LogP contribution is -2.03. The Kier molecular flexibility index (Phi) is 4.79.